The van der Waals surface area contributed by atoms with E-state index in [-0.39, 0.29) is 0 Å². The Morgan fingerprint density at radius 3 is 2.65 bits per heavy atom. The average molecular weight is 397 g/mol. The van der Waals surface area contributed by atoms with Gasteiger partial charge in [0.05, 0.1) is 5.69 Å². The number of halogens is 2. The van der Waals surface area contributed by atoms with Crippen LogP contribution < -0.4 is 0 Å². The summed E-state index contributed by atoms with van der Waals surface area (Å²) in [6.07, 6.45) is 12.1. The molecule has 0 atom stereocenters. The van der Waals surface area contributed by atoms with E-state index in [0.717, 1.165) is 35.6 Å². The smallest absolute Gasteiger partial charge is 0.0509 e. The molecule has 1 aliphatic rings. The first kappa shape index (κ1) is 15.7. The Hall–Kier alpha value is -0.670. The fourth-order valence-electron chi connectivity index (χ4n) is 2.36. The van der Waals surface area contributed by atoms with Crippen LogP contribution in [-0.4, -0.2) is 10.3 Å². The second-order valence-electron chi connectivity index (χ2n) is 4.79. The second-order valence-corrected chi connectivity index (χ2v) is 6.14. The first-order valence-corrected chi connectivity index (χ1v) is 9.19. The van der Waals surface area contributed by atoms with Crippen LogP contribution in [0.15, 0.2) is 47.7 Å². The normalized spacial score (nSPS) is 15.2. The number of rotatable bonds is 5. The largest absolute Gasteiger partial charge is 0.260 e. The number of hydrogen-bond acceptors (Lipinski definition) is 1. The molecular formula is C17H19Br2N. The van der Waals surface area contributed by atoms with Crippen molar-refractivity contribution >= 4 is 37.4 Å². The van der Waals surface area contributed by atoms with Crippen LogP contribution in [0.2, 0.25) is 0 Å². The van der Waals surface area contributed by atoms with E-state index in [1.54, 1.807) is 5.57 Å². The lowest BCUT2D eigenvalue weighted by Crippen LogP contribution is -1.88. The van der Waals surface area contributed by atoms with Crippen LogP contribution in [0.4, 0.5) is 0 Å². The number of pyridine rings is 1. The van der Waals surface area contributed by atoms with Crippen LogP contribution in [0, 0.1) is 0 Å². The zero-order valence-corrected chi connectivity index (χ0v) is 14.9. The van der Waals surface area contributed by atoms with Crippen molar-refractivity contribution in [1.29, 1.82) is 0 Å². The second kappa shape index (κ2) is 7.94. The average Bonchev–Trinajstić information content (AvgIpc) is 2.70. The lowest BCUT2D eigenvalue weighted by atomic mass is 10.0. The highest BCUT2D eigenvalue weighted by Crippen LogP contribution is 2.27. The SMILES string of the molecule is CCC1=C(CCBr)C=CC(c2ccc(CBr)nc2)=CC1. The van der Waals surface area contributed by atoms with E-state index in [4.69, 9.17) is 0 Å². The molecule has 0 aliphatic heterocycles. The molecule has 1 aliphatic carbocycles. The maximum absolute atomic E-state index is 4.45. The van der Waals surface area contributed by atoms with Gasteiger partial charge in [0.2, 0.25) is 0 Å². The van der Waals surface area contributed by atoms with E-state index < -0.39 is 0 Å². The van der Waals surface area contributed by atoms with Crippen molar-refractivity contribution < 1.29 is 0 Å². The van der Waals surface area contributed by atoms with Crippen LogP contribution in [-0.2, 0) is 5.33 Å². The van der Waals surface area contributed by atoms with Gasteiger partial charge in [-0.25, -0.2) is 0 Å². The van der Waals surface area contributed by atoms with Gasteiger partial charge >= 0.3 is 0 Å². The van der Waals surface area contributed by atoms with Gasteiger partial charge in [-0.15, -0.1) is 0 Å². The maximum atomic E-state index is 4.45. The van der Waals surface area contributed by atoms with Crippen molar-refractivity contribution in [3.05, 3.63) is 59.0 Å². The van der Waals surface area contributed by atoms with Crippen LogP contribution in [0.5, 0.6) is 0 Å². The fourth-order valence-corrected chi connectivity index (χ4v) is 3.12. The van der Waals surface area contributed by atoms with E-state index in [1.165, 1.54) is 16.7 Å². The molecule has 0 unspecified atom stereocenters. The van der Waals surface area contributed by atoms with Crippen LogP contribution in [0.25, 0.3) is 5.57 Å². The van der Waals surface area contributed by atoms with Gasteiger partial charge in [0.15, 0.2) is 0 Å². The van der Waals surface area contributed by atoms with Crippen LogP contribution in [0.3, 0.4) is 0 Å². The molecule has 0 saturated carbocycles. The molecule has 1 heterocycles. The summed E-state index contributed by atoms with van der Waals surface area (Å²) in [6, 6.07) is 4.23. The van der Waals surface area contributed by atoms with Gasteiger partial charge in [0.1, 0.15) is 0 Å². The summed E-state index contributed by atoms with van der Waals surface area (Å²) in [7, 11) is 0. The first-order valence-electron chi connectivity index (χ1n) is 6.94. The number of hydrogen-bond donors (Lipinski definition) is 0. The number of aromatic nitrogens is 1. The van der Waals surface area contributed by atoms with E-state index in [0.29, 0.717) is 0 Å². The Morgan fingerprint density at radius 2 is 2.05 bits per heavy atom. The minimum absolute atomic E-state index is 0.805. The molecule has 0 amide bonds. The highest BCUT2D eigenvalue weighted by Gasteiger charge is 2.07. The summed E-state index contributed by atoms with van der Waals surface area (Å²) in [5.74, 6) is 0. The molecule has 3 heteroatoms. The van der Waals surface area contributed by atoms with Crippen molar-refractivity contribution in [3.8, 4) is 0 Å². The van der Waals surface area contributed by atoms with Gasteiger partial charge in [0, 0.05) is 16.9 Å². The third-order valence-corrected chi connectivity index (χ3v) is 4.54. The predicted molar refractivity (Wildman–Crippen MR) is 94.3 cm³/mol. The number of allylic oxidation sites excluding steroid dienone is 6. The van der Waals surface area contributed by atoms with Gasteiger partial charge in [-0.3, -0.25) is 4.98 Å². The predicted octanol–water partition coefficient (Wildman–Crippen LogP) is 5.81. The molecule has 0 fully saturated rings. The Morgan fingerprint density at radius 1 is 1.20 bits per heavy atom. The molecule has 0 radical (unpaired) electrons. The standard InChI is InChI=1S/C17H19Br2N/c1-2-13-3-4-14(5-6-15(13)9-10-18)16-7-8-17(11-19)20-12-16/h4-8,12H,2-3,9-11H2,1H3. The molecular weight excluding hydrogens is 378 g/mol. The van der Waals surface area contributed by atoms with E-state index >= 15 is 0 Å². The molecule has 0 bridgehead atoms. The van der Waals surface area contributed by atoms with Crippen molar-refractivity contribution in [2.24, 2.45) is 0 Å². The Kier molecular flexibility index (Phi) is 6.24. The third kappa shape index (κ3) is 3.92. The highest BCUT2D eigenvalue weighted by molar-refractivity contribution is 9.09. The molecule has 0 N–H and O–H groups in total. The topological polar surface area (TPSA) is 12.9 Å². The summed E-state index contributed by atoms with van der Waals surface area (Å²) < 4.78 is 0. The molecule has 20 heavy (non-hydrogen) atoms. The van der Waals surface area contributed by atoms with Gasteiger partial charge in [0.25, 0.3) is 0 Å². The molecule has 0 spiro atoms. The molecule has 1 aromatic heterocycles. The van der Waals surface area contributed by atoms with E-state index in [9.17, 15) is 0 Å². The van der Waals surface area contributed by atoms with Gasteiger partial charge < -0.3 is 0 Å². The molecule has 106 valence electrons. The Bertz CT molecular complexity index is 539. The number of nitrogens with zero attached hydrogens (tertiary/aromatic N) is 1. The minimum Gasteiger partial charge on any atom is -0.260 e. The van der Waals surface area contributed by atoms with Crippen molar-refractivity contribution in [3.63, 3.8) is 0 Å². The van der Waals surface area contributed by atoms with Crippen molar-refractivity contribution in [2.45, 2.75) is 31.5 Å². The quantitative estimate of drug-likeness (QED) is 0.572. The Labute approximate surface area is 138 Å². The van der Waals surface area contributed by atoms with Crippen LogP contribution >= 0.6 is 31.9 Å². The first-order chi connectivity index (χ1) is 9.78. The molecule has 1 nitrogen and oxygen atoms in total. The van der Waals surface area contributed by atoms with E-state index in [1.807, 2.05) is 6.20 Å². The lowest BCUT2D eigenvalue weighted by Gasteiger charge is -2.06. The van der Waals surface area contributed by atoms with Gasteiger partial charge in [-0.2, -0.15) is 0 Å². The zero-order valence-electron chi connectivity index (χ0n) is 11.7. The summed E-state index contributed by atoms with van der Waals surface area (Å²) in [6.45, 7) is 2.24. The van der Waals surface area contributed by atoms with Crippen LogP contribution in [0.1, 0.15) is 37.4 Å². The monoisotopic (exact) mass is 395 g/mol. The molecule has 1 aromatic rings. The fraction of sp³-hybridized carbons (Fsp3) is 0.353. The number of alkyl halides is 2. The summed E-state index contributed by atoms with van der Waals surface area (Å²) >= 11 is 6.97. The van der Waals surface area contributed by atoms with Gasteiger partial charge in [-0.1, -0.05) is 68.7 Å². The maximum Gasteiger partial charge on any atom is 0.0509 e. The molecule has 0 aromatic carbocycles. The summed E-state index contributed by atoms with van der Waals surface area (Å²) in [5.41, 5.74) is 6.55. The van der Waals surface area contributed by atoms with Crippen molar-refractivity contribution in [2.75, 3.05) is 5.33 Å². The van der Waals surface area contributed by atoms with Crippen molar-refractivity contribution in [1.82, 2.24) is 4.98 Å². The molecule has 0 saturated heterocycles. The minimum atomic E-state index is 0.805. The lowest BCUT2D eigenvalue weighted by molar-refractivity contribution is 0.978. The third-order valence-electron chi connectivity index (χ3n) is 3.57. The molecule has 2 rings (SSSR count). The summed E-state index contributed by atoms with van der Waals surface area (Å²) in [5, 5.41) is 1.83. The van der Waals surface area contributed by atoms with E-state index in [2.05, 4.69) is 74.1 Å². The Balaban J connectivity index is 2.23. The highest BCUT2D eigenvalue weighted by atomic mass is 79.9. The zero-order chi connectivity index (χ0) is 14.4. The summed E-state index contributed by atoms with van der Waals surface area (Å²) in [4.78, 5) is 4.45. The van der Waals surface area contributed by atoms with Gasteiger partial charge in [-0.05, 0) is 42.0 Å².